The van der Waals surface area contributed by atoms with Crippen LogP contribution in [0, 0.1) is 5.92 Å². The van der Waals surface area contributed by atoms with E-state index in [0.29, 0.717) is 12.2 Å². The van der Waals surface area contributed by atoms with Crippen molar-refractivity contribution in [2.75, 3.05) is 6.61 Å². The molecule has 0 saturated carbocycles. The van der Waals surface area contributed by atoms with Gasteiger partial charge in [0.1, 0.15) is 0 Å². The van der Waals surface area contributed by atoms with Crippen LogP contribution in [0.4, 0.5) is 0 Å². The van der Waals surface area contributed by atoms with Crippen LogP contribution in [0.1, 0.15) is 53.4 Å². The minimum Gasteiger partial charge on any atom is -0.462 e. The van der Waals surface area contributed by atoms with E-state index < -0.39 is 0 Å². The molecule has 0 aliphatic heterocycles. The van der Waals surface area contributed by atoms with Crippen molar-refractivity contribution in [2.24, 2.45) is 5.92 Å². The first-order valence-electron chi connectivity index (χ1n) is 6.54. The van der Waals surface area contributed by atoms with Gasteiger partial charge in [0, 0.05) is 11.5 Å². The third-order valence-corrected chi connectivity index (χ3v) is 3.11. The summed E-state index contributed by atoms with van der Waals surface area (Å²) in [6.45, 7) is 7.96. The van der Waals surface area contributed by atoms with E-state index in [0.717, 1.165) is 25.7 Å². The molecule has 0 aromatic heterocycles. The first-order chi connectivity index (χ1) is 8.06. The van der Waals surface area contributed by atoms with E-state index >= 15 is 0 Å². The number of aliphatic hydroxyl groups excluding tert-OH is 1. The van der Waals surface area contributed by atoms with Gasteiger partial charge in [0.15, 0.2) is 0 Å². The highest BCUT2D eigenvalue weighted by Crippen LogP contribution is 2.15. The molecule has 0 aromatic carbocycles. The molecule has 3 nitrogen and oxygen atoms in total. The van der Waals surface area contributed by atoms with Crippen molar-refractivity contribution in [2.45, 2.75) is 59.5 Å². The Morgan fingerprint density at radius 3 is 2.53 bits per heavy atom. The largest absolute Gasteiger partial charge is 0.462 e. The zero-order valence-corrected chi connectivity index (χ0v) is 11.5. The standard InChI is InChI=1S/C14H26O3/c1-5-8-9-13(15)12(7-3)10-17-14(16)11(4)6-2/h6,12-13,15H,5,7-10H2,1-4H3. The maximum atomic E-state index is 11.5. The molecule has 0 fully saturated rings. The summed E-state index contributed by atoms with van der Waals surface area (Å²) in [4.78, 5) is 11.5. The van der Waals surface area contributed by atoms with Crippen molar-refractivity contribution in [3.63, 3.8) is 0 Å². The highest BCUT2D eigenvalue weighted by Gasteiger charge is 2.19. The smallest absolute Gasteiger partial charge is 0.333 e. The van der Waals surface area contributed by atoms with Gasteiger partial charge in [-0.05, 0) is 26.7 Å². The van der Waals surface area contributed by atoms with Crippen molar-refractivity contribution >= 4 is 5.97 Å². The number of unbranched alkanes of at least 4 members (excludes halogenated alkanes) is 1. The molecule has 0 aliphatic rings. The summed E-state index contributed by atoms with van der Waals surface area (Å²) in [7, 11) is 0. The Hall–Kier alpha value is -0.830. The second-order valence-electron chi connectivity index (χ2n) is 4.45. The van der Waals surface area contributed by atoms with Gasteiger partial charge in [-0.15, -0.1) is 0 Å². The summed E-state index contributed by atoms with van der Waals surface area (Å²) in [6, 6.07) is 0. The van der Waals surface area contributed by atoms with Crippen molar-refractivity contribution in [3.05, 3.63) is 11.6 Å². The van der Waals surface area contributed by atoms with E-state index in [1.165, 1.54) is 0 Å². The van der Waals surface area contributed by atoms with E-state index in [-0.39, 0.29) is 18.0 Å². The van der Waals surface area contributed by atoms with Gasteiger partial charge in [-0.1, -0.05) is 32.8 Å². The molecule has 0 spiro atoms. The zero-order valence-electron chi connectivity index (χ0n) is 11.5. The number of rotatable bonds is 8. The summed E-state index contributed by atoms with van der Waals surface area (Å²) in [5.41, 5.74) is 0.614. The fourth-order valence-corrected chi connectivity index (χ4v) is 1.56. The fourth-order valence-electron chi connectivity index (χ4n) is 1.56. The molecule has 0 rings (SSSR count). The Morgan fingerprint density at radius 1 is 1.41 bits per heavy atom. The Bertz CT molecular complexity index is 246. The summed E-state index contributed by atoms with van der Waals surface area (Å²) >= 11 is 0. The number of carbonyl (C=O) groups is 1. The molecular formula is C14H26O3. The Balaban J connectivity index is 4.09. The molecule has 0 aromatic rings. The lowest BCUT2D eigenvalue weighted by molar-refractivity contribution is -0.141. The van der Waals surface area contributed by atoms with Crippen molar-refractivity contribution in [3.8, 4) is 0 Å². The van der Waals surface area contributed by atoms with Gasteiger partial charge in [0.2, 0.25) is 0 Å². The fraction of sp³-hybridized carbons (Fsp3) is 0.786. The second kappa shape index (κ2) is 9.23. The van der Waals surface area contributed by atoms with Crippen LogP contribution in [0.25, 0.3) is 0 Å². The molecule has 0 aliphatic carbocycles. The molecular weight excluding hydrogens is 216 g/mol. The van der Waals surface area contributed by atoms with Crippen LogP contribution in [-0.2, 0) is 9.53 Å². The highest BCUT2D eigenvalue weighted by atomic mass is 16.5. The van der Waals surface area contributed by atoms with E-state index in [1.54, 1.807) is 13.0 Å². The summed E-state index contributed by atoms with van der Waals surface area (Å²) in [5.74, 6) is -0.233. The van der Waals surface area contributed by atoms with Crippen LogP contribution in [0.2, 0.25) is 0 Å². The first kappa shape index (κ1) is 16.2. The molecule has 0 heterocycles. The molecule has 2 atom stereocenters. The maximum Gasteiger partial charge on any atom is 0.333 e. The van der Waals surface area contributed by atoms with Crippen LogP contribution in [0.5, 0.6) is 0 Å². The molecule has 17 heavy (non-hydrogen) atoms. The van der Waals surface area contributed by atoms with E-state index in [1.807, 2.05) is 13.8 Å². The highest BCUT2D eigenvalue weighted by molar-refractivity contribution is 5.87. The predicted octanol–water partition coefficient (Wildman–Crippen LogP) is 3.07. The number of esters is 1. The quantitative estimate of drug-likeness (QED) is 0.525. The minimum atomic E-state index is -0.362. The van der Waals surface area contributed by atoms with Gasteiger partial charge < -0.3 is 9.84 Å². The number of allylic oxidation sites excluding steroid dienone is 1. The number of carbonyl (C=O) groups excluding carboxylic acids is 1. The van der Waals surface area contributed by atoms with Crippen molar-refractivity contribution in [1.82, 2.24) is 0 Å². The lowest BCUT2D eigenvalue weighted by Crippen LogP contribution is -2.26. The molecule has 1 N–H and O–H groups in total. The van der Waals surface area contributed by atoms with Gasteiger partial charge in [0.05, 0.1) is 12.7 Å². The van der Waals surface area contributed by atoms with Crippen LogP contribution in [0.15, 0.2) is 11.6 Å². The molecule has 0 saturated heterocycles. The lowest BCUT2D eigenvalue weighted by atomic mass is 9.96. The Labute approximate surface area is 105 Å². The normalized spacial score (nSPS) is 15.5. The molecule has 100 valence electrons. The van der Waals surface area contributed by atoms with Crippen molar-refractivity contribution in [1.29, 1.82) is 0 Å². The SMILES string of the molecule is CC=C(C)C(=O)OCC(CC)C(O)CCCC. The molecule has 3 heteroatoms. The van der Waals surface area contributed by atoms with Gasteiger partial charge in [-0.2, -0.15) is 0 Å². The molecule has 0 radical (unpaired) electrons. The van der Waals surface area contributed by atoms with Crippen LogP contribution >= 0.6 is 0 Å². The predicted molar refractivity (Wildman–Crippen MR) is 69.7 cm³/mol. The lowest BCUT2D eigenvalue weighted by Gasteiger charge is -2.21. The molecule has 0 bridgehead atoms. The number of hydrogen-bond acceptors (Lipinski definition) is 3. The van der Waals surface area contributed by atoms with Crippen LogP contribution < -0.4 is 0 Å². The van der Waals surface area contributed by atoms with E-state index in [2.05, 4.69) is 6.92 Å². The Kier molecular flexibility index (Phi) is 8.78. The van der Waals surface area contributed by atoms with Gasteiger partial charge in [-0.3, -0.25) is 0 Å². The number of aliphatic hydroxyl groups is 1. The van der Waals surface area contributed by atoms with E-state index in [4.69, 9.17) is 4.74 Å². The average molecular weight is 242 g/mol. The molecule has 2 unspecified atom stereocenters. The molecule has 0 amide bonds. The monoisotopic (exact) mass is 242 g/mol. The third-order valence-electron chi connectivity index (χ3n) is 3.11. The number of hydrogen-bond donors (Lipinski definition) is 1. The third kappa shape index (κ3) is 6.47. The first-order valence-corrected chi connectivity index (χ1v) is 6.54. The van der Waals surface area contributed by atoms with Gasteiger partial charge in [-0.25, -0.2) is 4.79 Å². The van der Waals surface area contributed by atoms with Crippen molar-refractivity contribution < 1.29 is 14.6 Å². The maximum absolute atomic E-state index is 11.5. The summed E-state index contributed by atoms with van der Waals surface area (Å²) in [5, 5.41) is 9.94. The second-order valence-corrected chi connectivity index (χ2v) is 4.45. The summed E-state index contributed by atoms with van der Waals surface area (Å²) in [6.07, 6.45) is 5.07. The van der Waals surface area contributed by atoms with Gasteiger partial charge >= 0.3 is 5.97 Å². The van der Waals surface area contributed by atoms with Crippen LogP contribution in [0.3, 0.4) is 0 Å². The van der Waals surface area contributed by atoms with Gasteiger partial charge in [0.25, 0.3) is 0 Å². The summed E-state index contributed by atoms with van der Waals surface area (Å²) < 4.78 is 5.18. The zero-order chi connectivity index (χ0) is 13.3. The van der Waals surface area contributed by atoms with Crippen LogP contribution in [-0.4, -0.2) is 23.8 Å². The Morgan fingerprint density at radius 2 is 2.06 bits per heavy atom. The topological polar surface area (TPSA) is 46.5 Å². The minimum absolute atomic E-state index is 0.0511. The number of ether oxygens (including phenoxy) is 1. The average Bonchev–Trinajstić information content (AvgIpc) is 2.35. The van der Waals surface area contributed by atoms with E-state index in [9.17, 15) is 9.90 Å².